The molecule has 0 unspecified atom stereocenters. The first-order chi connectivity index (χ1) is 23.6. The highest BCUT2D eigenvalue weighted by Crippen LogP contribution is 2.18. The van der Waals surface area contributed by atoms with Crippen molar-refractivity contribution in [2.75, 3.05) is 20.3 Å². The van der Waals surface area contributed by atoms with Gasteiger partial charge in [0.15, 0.2) is 0 Å². The van der Waals surface area contributed by atoms with Crippen molar-refractivity contribution in [1.29, 1.82) is 0 Å². The van der Waals surface area contributed by atoms with Gasteiger partial charge in [-0.1, -0.05) is 168 Å². The molecule has 1 rings (SSSR count). The summed E-state index contributed by atoms with van der Waals surface area (Å²) >= 11 is 0. The lowest BCUT2D eigenvalue weighted by molar-refractivity contribution is -0.124. The fourth-order valence-electron chi connectivity index (χ4n) is 6.25. The van der Waals surface area contributed by atoms with Crippen LogP contribution in [0.25, 0.3) is 0 Å². The van der Waals surface area contributed by atoms with Gasteiger partial charge in [-0.3, -0.25) is 9.59 Å². The predicted molar refractivity (Wildman–Crippen MR) is 204 cm³/mol. The van der Waals surface area contributed by atoms with Gasteiger partial charge in [0, 0.05) is 19.4 Å². The zero-order valence-electron chi connectivity index (χ0n) is 31.7. The first-order valence-electron chi connectivity index (χ1n) is 20.4. The molecule has 0 aliphatic carbocycles. The Bertz CT molecular complexity index is 860. The summed E-state index contributed by atoms with van der Waals surface area (Å²) in [6.07, 6.45) is 34.6. The maximum atomic E-state index is 12.8. The number of carbonyl (C=O) groups excluding carboxylic acids is 2. The number of unbranched alkanes of at least 4 members (excludes halogenated alkanes) is 24. The molecule has 0 saturated carbocycles. The van der Waals surface area contributed by atoms with Gasteiger partial charge in [-0.25, -0.2) is 0 Å². The van der Waals surface area contributed by atoms with Crippen LogP contribution in [0.1, 0.15) is 194 Å². The maximum absolute atomic E-state index is 12.8. The second-order valence-corrected chi connectivity index (χ2v) is 14.0. The van der Waals surface area contributed by atoms with Gasteiger partial charge in [-0.15, -0.1) is 0 Å². The molecule has 2 N–H and O–H groups in total. The SMILES string of the molecule is CCCCCCCCCCCCCCCC(=O)NC[C@H](COc1ccc(OC)cc1)NC(=O)CCCCCCCCCCCCCCC. The number of ether oxygens (including phenoxy) is 2. The molecule has 1 aromatic rings. The van der Waals surface area contributed by atoms with Crippen LogP contribution >= 0.6 is 0 Å². The number of benzene rings is 1. The zero-order valence-corrected chi connectivity index (χ0v) is 31.7. The molecule has 0 aliphatic rings. The standard InChI is InChI=1S/C42H76N2O4/c1-4-6-8-10-12-14-16-18-20-22-24-26-28-30-41(45)43-36-38(37-48-40-34-32-39(47-3)33-35-40)44-42(46)31-29-27-25-23-21-19-17-15-13-11-9-7-5-2/h32-35,38H,4-31,36-37H2,1-3H3,(H,43,45)(H,44,46)/t38-/m1/s1. The fraction of sp³-hybridized carbons (Fsp3) is 0.810. The molecule has 0 aliphatic heterocycles. The molecule has 6 nitrogen and oxygen atoms in total. The van der Waals surface area contributed by atoms with E-state index in [9.17, 15) is 9.59 Å². The van der Waals surface area contributed by atoms with Gasteiger partial charge in [0.2, 0.25) is 11.8 Å². The zero-order chi connectivity index (χ0) is 34.8. The van der Waals surface area contributed by atoms with Gasteiger partial charge in [-0.05, 0) is 37.1 Å². The topological polar surface area (TPSA) is 76.7 Å². The lowest BCUT2D eigenvalue weighted by Crippen LogP contribution is -2.47. The number of methoxy groups -OCH3 is 1. The van der Waals surface area contributed by atoms with Crippen LogP contribution in [0.2, 0.25) is 0 Å². The number of hydrogen-bond donors (Lipinski definition) is 2. The van der Waals surface area contributed by atoms with Gasteiger partial charge in [0.1, 0.15) is 18.1 Å². The largest absolute Gasteiger partial charge is 0.497 e. The summed E-state index contributed by atoms with van der Waals surface area (Å²) in [6, 6.07) is 7.15. The van der Waals surface area contributed by atoms with Crippen molar-refractivity contribution in [2.45, 2.75) is 200 Å². The third-order valence-electron chi connectivity index (χ3n) is 9.44. The van der Waals surface area contributed by atoms with Gasteiger partial charge >= 0.3 is 0 Å². The average Bonchev–Trinajstić information content (AvgIpc) is 3.10. The van der Waals surface area contributed by atoms with Gasteiger partial charge < -0.3 is 20.1 Å². The van der Waals surface area contributed by atoms with Crippen molar-refractivity contribution >= 4 is 11.8 Å². The van der Waals surface area contributed by atoms with Gasteiger partial charge in [-0.2, -0.15) is 0 Å². The van der Waals surface area contributed by atoms with Crippen molar-refractivity contribution in [3.05, 3.63) is 24.3 Å². The Kier molecular flexibility index (Phi) is 30.3. The van der Waals surface area contributed by atoms with E-state index in [0.717, 1.165) is 31.4 Å². The van der Waals surface area contributed by atoms with Crippen LogP contribution in [0.5, 0.6) is 11.5 Å². The van der Waals surface area contributed by atoms with Crippen molar-refractivity contribution in [2.24, 2.45) is 0 Å². The predicted octanol–water partition coefficient (Wildman–Crippen LogP) is 11.6. The second kappa shape index (κ2) is 33.3. The minimum absolute atomic E-state index is 0.0344. The Balaban J connectivity index is 2.23. The van der Waals surface area contributed by atoms with E-state index in [1.165, 1.54) is 141 Å². The van der Waals surface area contributed by atoms with E-state index in [4.69, 9.17) is 9.47 Å². The molecular formula is C42H76N2O4. The molecule has 0 radical (unpaired) electrons. The maximum Gasteiger partial charge on any atom is 0.220 e. The second-order valence-electron chi connectivity index (χ2n) is 14.0. The van der Waals surface area contributed by atoms with Crippen LogP contribution in [0, 0.1) is 0 Å². The smallest absolute Gasteiger partial charge is 0.220 e. The molecule has 0 aromatic heterocycles. The van der Waals surface area contributed by atoms with Crippen LogP contribution in [-0.2, 0) is 9.59 Å². The molecule has 2 amide bonds. The van der Waals surface area contributed by atoms with Crippen molar-refractivity contribution in [1.82, 2.24) is 10.6 Å². The van der Waals surface area contributed by atoms with E-state index in [1.807, 2.05) is 24.3 Å². The Labute approximate surface area is 296 Å². The van der Waals surface area contributed by atoms with Crippen LogP contribution in [0.4, 0.5) is 0 Å². The highest BCUT2D eigenvalue weighted by Gasteiger charge is 2.15. The fourth-order valence-corrected chi connectivity index (χ4v) is 6.25. The minimum atomic E-state index is -0.280. The quantitative estimate of drug-likeness (QED) is 0.0704. The van der Waals surface area contributed by atoms with E-state index in [0.29, 0.717) is 31.7 Å². The van der Waals surface area contributed by atoms with Crippen molar-refractivity contribution in [3.8, 4) is 11.5 Å². The van der Waals surface area contributed by atoms with E-state index < -0.39 is 0 Å². The van der Waals surface area contributed by atoms with E-state index in [-0.39, 0.29) is 17.9 Å². The number of hydrogen-bond acceptors (Lipinski definition) is 4. The minimum Gasteiger partial charge on any atom is -0.497 e. The first-order valence-corrected chi connectivity index (χ1v) is 20.4. The molecule has 48 heavy (non-hydrogen) atoms. The molecule has 6 heteroatoms. The first kappa shape index (κ1) is 43.8. The monoisotopic (exact) mass is 673 g/mol. The van der Waals surface area contributed by atoms with Crippen LogP contribution < -0.4 is 20.1 Å². The highest BCUT2D eigenvalue weighted by molar-refractivity contribution is 5.77. The lowest BCUT2D eigenvalue weighted by atomic mass is 10.0. The molecule has 0 heterocycles. The Hall–Kier alpha value is -2.24. The number of carbonyl (C=O) groups is 2. The summed E-state index contributed by atoms with van der Waals surface area (Å²) < 4.78 is 11.2. The van der Waals surface area contributed by atoms with Crippen LogP contribution in [0.3, 0.4) is 0 Å². The van der Waals surface area contributed by atoms with Crippen LogP contribution in [0.15, 0.2) is 24.3 Å². The molecule has 0 fully saturated rings. The molecular weight excluding hydrogens is 596 g/mol. The molecule has 1 aromatic carbocycles. The Morgan fingerprint density at radius 1 is 0.521 bits per heavy atom. The number of amides is 2. The van der Waals surface area contributed by atoms with E-state index >= 15 is 0 Å². The Morgan fingerprint density at radius 2 is 0.875 bits per heavy atom. The number of nitrogens with one attached hydrogen (secondary N) is 2. The molecule has 0 spiro atoms. The summed E-state index contributed by atoms with van der Waals surface area (Å²) in [5, 5.41) is 6.17. The summed E-state index contributed by atoms with van der Waals surface area (Å²) in [5.74, 6) is 1.57. The third kappa shape index (κ3) is 27.7. The van der Waals surface area contributed by atoms with Gasteiger partial charge in [0.25, 0.3) is 0 Å². The van der Waals surface area contributed by atoms with Crippen LogP contribution in [-0.4, -0.2) is 38.1 Å². The summed E-state index contributed by atoms with van der Waals surface area (Å²) in [7, 11) is 1.64. The van der Waals surface area contributed by atoms with E-state index in [1.54, 1.807) is 7.11 Å². The average molecular weight is 673 g/mol. The molecule has 278 valence electrons. The van der Waals surface area contributed by atoms with Gasteiger partial charge in [0.05, 0.1) is 13.2 Å². The Morgan fingerprint density at radius 3 is 1.27 bits per heavy atom. The molecule has 1 atom stereocenters. The lowest BCUT2D eigenvalue weighted by Gasteiger charge is -2.20. The highest BCUT2D eigenvalue weighted by atomic mass is 16.5. The molecule has 0 saturated heterocycles. The summed E-state index contributed by atoms with van der Waals surface area (Å²) in [5.41, 5.74) is 0. The third-order valence-corrected chi connectivity index (χ3v) is 9.44. The number of rotatable bonds is 35. The normalized spacial score (nSPS) is 11.7. The van der Waals surface area contributed by atoms with E-state index in [2.05, 4.69) is 24.5 Å². The molecule has 0 bridgehead atoms. The summed E-state index contributed by atoms with van der Waals surface area (Å²) in [6.45, 7) is 5.22. The van der Waals surface area contributed by atoms with Crippen molar-refractivity contribution in [3.63, 3.8) is 0 Å². The summed E-state index contributed by atoms with van der Waals surface area (Å²) in [4.78, 5) is 25.4. The van der Waals surface area contributed by atoms with Crippen molar-refractivity contribution < 1.29 is 19.1 Å².